The Morgan fingerprint density at radius 1 is 1.18 bits per heavy atom. The van der Waals surface area contributed by atoms with Crippen LogP contribution in [-0.2, 0) is 0 Å². The lowest BCUT2D eigenvalue weighted by atomic mass is 9.87. The van der Waals surface area contributed by atoms with Crippen molar-refractivity contribution in [3.63, 3.8) is 0 Å². The first-order valence-electron chi connectivity index (χ1n) is 8.13. The average molecular weight is 304 g/mol. The second kappa shape index (κ2) is 6.90. The average Bonchev–Trinajstić information content (AvgIpc) is 2.55. The van der Waals surface area contributed by atoms with Gasteiger partial charge in [-0.1, -0.05) is 19.1 Å². The zero-order valence-electron chi connectivity index (χ0n) is 13.0. The molecule has 1 aromatic rings. The van der Waals surface area contributed by atoms with Gasteiger partial charge in [0, 0.05) is 6.04 Å². The molecule has 2 N–H and O–H groups in total. The molecular weight excluding hydrogens is 280 g/mol. The minimum Gasteiger partial charge on any atom is -0.486 e. The number of para-hydroxylation sites is 2. The van der Waals surface area contributed by atoms with Crippen LogP contribution in [-0.4, -0.2) is 31.3 Å². The van der Waals surface area contributed by atoms with E-state index in [0.29, 0.717) is 19.2 Å². The van der Waals surface area contributed by atoms with Gasteiger partial charge < -0.3 is 20.1 Å². The number of carbonyl (C=O) groups excluding carboxylic acids is 1. The fourth-order valence-electron chi connectivity index (χ4n) is 3.01. The molecule has 0 aromatic heterocycles. The summed E-state index contributed by atoms with van der Waals surface area (Å²) in [7, 11) is 0. The lowest BCUT2D eigenvalue weighted by Crippen LogP contribution is -2.48. The number of rotatable bonds is 3. The molecule has 1 unspecified atom stereocenters. The summed E-state index contributed by atoms with van der Waals surface area (Å²) < 4.78 is 11.5. The van der Waals surface area contributed by atoms with E-state index in [1.807, 2.05) is 24.3 Å². The fraction of sp³-hybridized carbons (Fsp3) is 0.588. The molecule has 1 aliphatic heterocycles. The van der Waals surface area contributed by atoms with Crippen molar-refractivity contribution in [2.75, 3.05) is 13.2 Å². The van der Waals surface area contributed by atoms with Crippen molar-refractivity contribution in [2.24, 2.45) is 5.92 Å². The SMILES string of the molecule is CC1CCC(NC(=O)NCC2COc3ccccc3O2)CC1. The minimum atomic E-state index is -0.146. The highest BCUT2D eigenvalue weighted by Crippen LogP contribution is 2.30. The van der Waals surface area contributed by atoms with Crippen LogP contribution in [0.3, 0.4) is 0 Å². The third-order valence-electron chi connectivity index (χ3n) is 4.41. The number of amides is 2. The van der Waals surface area contributed by atoms with E-state index in [9.17, 15) is 4.79 Å². The number of urea groups is 1. The topological polar surface area (TPSA) is 59.6 Å². The molecule has 0 saturated heterocycles. The highest BCUT2D eigenvalue weighted by Gasteiger charge is 2.23. The van der Waals surface area contributed by atoms with Gasteiger partial charge in [-0.15, -0.1) is 0 Å². The van der Waals surface area contributed by atoms with Crippen LogP contribution in [0.4, 0.5) is 4.79 Å². The Morgan fingerprint density at radius 2 is 1.91 bits per heavy atom. The maximum atomic E-state index is 12.0. The van der Waals surface area contributed by atoms with Crippen molar-refractivity contribution in [3.05, 3.63) is 24.3 Å². The number of hydrogen-bond acceptors (Lipinski definition) is 3. The molecule has 1 heterocycles. The molecule has 5 nitrogen and oxygen atoms in total. The Hall–Kier alpha value is -1.91. The van der Waals surface area contributed by atoms with Crippen molar-refractivity contribution < 1.29 is 14.3 Å². The first-order valence-corrected chi connectivity index (χ1v) is 8.13. The van der Waals surface area contributed by atoms with Gasteiger partial charge in [-0.25, -0.2) is 4.79 Å². The summed E-state index contributed by atoms with van der Waals surface area (Å²) in [5.41, 5.74) is 0. The van der Waals surface area contributed by atoms with Gasteiger partial charge in [-0.3, -0.25) is 0 Å². The van der Waals surface area contributed by atoms with Crippen molar-refractivity contribution in [1.29, 1.82) is 0 Å². The fourth-order valence-corrected chi connectivity index (χ4v) is 3.01. The predicted octanol–water partition coefficient (Wildman–Crippen LogP) is 2.70. The quantitative estimate of drug-likeness (QED) is 0.902. The van der Waals surface area contributed by atoms with E-state index in [0.717, 1.165) is 30.3 Å². The number of fused-ring (bicyclic) bond motifs is 1. The van der Waals surface area contributed by atoms with Gasteiger partial charge in [0.2, 0.25) is 0 Å². The second-order valence-electron chi connectivity index (χ2n) is 6.31. The normalized spacial score (nSPS) is 27.0. The molecule has 0 bridgehead atoms. The zero-order chi connectivity index (χ0) is 15.4. The summed E-state index contributed by atoms with van der Waals surface area (Å²) in [6.45, 7) is 3.18. The highest BCUT2D eigenvalue weighted by atomic mass is 16.6. The van der Waals surface area contributed by atoms with E-state index in [4.69, 9.17) is 9.47 Å². The highest BCUT2D eigenvalue weighted by molar-refractivity contribution is 5.74. The zero-order valence-corrected chi connectivity index (χ0v) is 13.0. The van der Waals surface area contributed by atoms with Gasteiger partial charge in [0.15, 0.2) is 17.6 Å². The number of nitrogens with one attached hydrogen (secondary N) is 2. The largest absolute Gasteiger partial charge is 0.486 e. The van der Waals surface area contributed by atoms with Crippen LogP contribution >= 0.6 is 0 Å². The van der Waals surface area contributed by atoms with Crippen LogP contribution in [0.1, 0.15) is 32.6 Å². The lowest BCUT2D eigenvalue weighted by Gasteiger charge is -2.28. The Balaban J connectivity index is 1.40. The van der Waals surface area contributed by atoms with Crippen molar-refractivity contribution in [2.45, 2.75) is 44.8 Å². The molecule has 3 rings (SSSR count). The molecule has 1 atom stereocenters. The van der Waals surface area contributed by atoms with Gasteiger partial charge in [0.25, 0.3) is 0 Å². The van der Waals surface area contributed by atoms with Gasteiger partial charge in [0.05, 0.1) is 6.54 Å². The second-order valence-corrected chi connectivity index (χ2v) is 6.31. The van der Waals surface area contributed by atoms with Crippen LogP contribution in [0.25, 0.3) is 0 Å². The first-order chi connectivity index (χ1) is 10.7. The third kappa shape index (κ3) is 3.84. The predicted molar refractivity (Wildman–Crippen MR) is 84.3 cm³/mol. The number of hydrogen-bond donors (Lipinski definition) is 2. The van der Waals surface area contributed by atoms with Gasteiger partial charge in [-0.2, -0.15) is 0 Å². The Morgan fingerprint density at radius 3 is 2.68 bits per heavy atom. The van der Waals surface area contributed by atoms with Gasteiger partial charge in [0.1, 0.15) is 6.61 Å². The summed E-state index contributed by atoms with van der Waals surface area (Å²) in [6, 6.07) is 7.79. The third-order valence-corrected chi connectivity index (χ3v) is 4.41. The lowest BCUT2D eigenvalue weighted by molar-refractivity contribution is 0.0916. The molecule has 2 amide bonds. The van der Waals surface area contributed by atoms with Crippen LogP contribution in [0.2, 0.25) is 0 Å². The van der Waals surface area contributed by atoms with E-state index in [-0.39, 0.29) is 12.1 Å². The minimum absolute atomic E-state index is 0.109. The standard InChI is InChI=1S/C17H24N2O3/c1-12-6-8-13(9-7-12)19-17(20)18-10-14-11-21-15-4-2-3-5-16(15)22-14/h2-5,12-14H,6-11H2,1H3,(H2,18,19,20). The maximum Gasteiger partial charge on any atom is 0.315 e. The monoisotopic (exact) mass is 304 g/mol. The molecule has 0 radical (unpaired) electrons. The molecule has 5 heteroatoms. The summed E-state index contributed by atoms with van der Waals surface area (Å²) in [5.74, 6) is 2.29. The summed E-state index contributed by atoms with van der Waals surface area (Å²) in [4.78, 5) is 12.0. The van der Waals surface area contributed by atoms with Crippen molar-refractivity contribution >= 4 is 6.03 Å². The Bertz CT molecular complexity index is 512. The van der Waals surface area contributed by atoms with E-state index in [1.54, 1.807) is 0 Å². The van der Waals surface area contributed by atoms with Gasteiger partial charge >= 0.3 is 6.03 Å². The van der Waals surface area contributed by atoms with E-state index in [1.165, 1.54) is 12.8 Å². The molecule has 22 heavy (non-hydrogen) atoms. The number of carbonyl (C=O) groups is 1. The summed E-state index contributed by atoms with van der Waals surface area (Å²) in [6.07, 6.45) is 4.39. The summed E-state index contributed by atoms with van der Waals surface area (Å²) >= 11 is 0. The Labute approximate surface area is 131 Å². The van der Waals surface area contributed by atoms with Crippen LogP contribution < -0.4 is 20.1 Å². The number of ether oxygens (including phenoxy) is 2. The van der Waals surface area contributed by atoms with Crippen molar-refractivity contribution in [1.82, 2.24) is 10.6 Å². The van der Waals surface area contributed by atoms with E-state index < -0.39 is 0 Å². The van der Waals surface area contributed by atoms with Gasteiger partial charge in [-0.05, 0) is 43.7 Å². The molecule has 120 valence electrons. The smallest absolute Gasteiger partial charge is 0.315 e. The number of benzene rings is 1. The summed E-state index contributed by atoms with van der Waals surface area (Å²) in [5, 5.41) is 5.94. The van der Waals surface area contributed by atoms with E-state index in [2.05, 4.69) is 17.6 Å². The molecule has 1 saturated carbocycles. The molecule has 1 fully saturated rings. The van der Waals surface area contributed by atoms with Crippen LogP contribution in [0, 0.1) is 5.92 Å². The van der Waals surface area contributed by atoms with Crippen molar-refractivity contribution in [3.8, 4) is 11.5 Å². The molecule has 1 aromatic carbocycles. The molecule has 2 aliphatic rings. The molecule has 1 aliphatic carbocycles. The van der Waals surface area contributed by atoms with Crippen LogP contribution in [0.5, 0.6) is 11.5 Å². The molecular formula is C17H24N2O3. The van der Waals surface area contributed by atoms with E-state index >= 15 is 0 Å². The molecule has 0 spiro atoms. The van der Waals surface area contributed by atoms with Crippen LogP contribution in [0.15, 0.2) is 24.3 Å². The first kappa shape index (κ1) is 15.0. The maximum absolute atomic E-state index is 12.0. The Kier molecular flexibility index (Phi) is 4.71.